The zero-order valence-corrected chi connectivity index (χ0v) is 23.8. The van der Waals surface area contributed by atoms with Crippen molar-refractivity contribution in [1.29, 1.82) is 0 Å². The molecule has 1 N–H and O–H groups in total. The highest BCUT2D eigenvalue weighted by Crippen LogP contribution is 2.40. The minimum atomic E-state index is -0.654. The second kappa shape index (κ2) is 13.1. The maximum absolute atomic E-state index is 13.5. The van der Waals surface area contributed by atoms with Crippen LogP contribution >= 0.6 is 0 Å². The minimum Gasteiger partial charge on any atom is -0.507 e. The van der Waals surface area contributed by atoms with Crippen LogP contribution in [0.2, 0.25) is 0 Å². The van der Waals surface area contributed by atoms with Gasteiger partial charge in [-0.2, -0.15) is 0 Å². The maximum Gasteiger partial charge on any atom is 0.295 e. The monoisotopic (exact) mass is 554 g/mol. The van der Waals surface area contributed by atoms with Crippen molar-refractivity contribution in [1.82, 2.24) is 9.80 Å². The molecule has 2 fully saturated rings. The van der Waals surface area contributed by atoms with E-state index in [1.165, 1.54) is 5.56 Å². The number of rotatable bonds is 10. The highest BCUT2D eigenvalue weighted by Gasteiger charge is 2.46. The first-order chi connectivity index (χ1) is 20.0. The number of amides is 1. The van der Waals surface area contributed by atoms with Crippen LogP contribution in [-0.2, 0) is 27.4 Å². The molecule has 2 aliphatic heterocycles. The first-order valence-electron chi connectivity index (χ1n) is 14.4. The number of carbonyl (C=O) groups excluding carboxylic acids is 2. The molecule has 0 unspecified atom stereocenters. The Kier molecular flexibility index (Phi) is 9.17. The third-order valence-electron chi connectivity index (χ3n) is 7.92. The van der Waals surface area contributed by atoms with E-state index in [1.807, 2.05) is 67.6 Å². The summed E-state index contributed by atoms with van der Waals surface area (Å²) in [4.78, 5) is 30.8. The van der Waals surface area contributed by atoms with E-state index in [9.17, 15) is 14.7 Å². The van der Waals surface area contributed by atoms with Crippen molar-refractivity contribution >= 4 is 17.4 Å². The molecule has 7 heteroatoms. The standard InChI is InChI=1S/C34H38N2O5/c1-3-25-10-12-27(13-11-25)31-30(33(38)34(39)36(31)17-7-16-35-18-20-40-21-19-35)32(37)29-15-14-28(22-24(29)2)41-23-26-8-5-4-6-9-26/h4-6,8-15,22,31,37H,3,7,16-21,23H2,1-2H3/b32-30+/t31-/m1/s1. The van der Waals surface area contributed by atoms with Crippen molar-refractivity contribution in [3.8, 4) is 5.75 Å². The first-order valence-corrected chi connectivity index (χ1v) is 14.4. The van der Waals surface area contributed by atoms with Gasteiger partial charge >= 0.3 is 0 Å². The number of hydrogen-bond acceptors (Lipinski definition) is 6. The number of aliphatic hydroxyl groups is 1. The van der Waals surface area contributed by atoms with E-state index in [0.717, 1.165) is 49.2 Å². The van der Waals surface area contributed by atoms with Crippen LogP contribution in [-0.4, -0.2) is 66.0 Å². The van der Waals surface area contributed by atoms with Gasteiger partial charge < -0.3 is 19.5 Å². The Labute approximate surface area is 242 Å². The molecule has 0 radical (unpaired) electrons. The van der Waals surface area contributed by atoms with E-state index in [1.54, 1.807) is 17.0 Å². The van der Waals surface area contributed by atoms with Gasteiger partial charge in [0.25, 0.3) is 11.7 Å². The number of benzene rings is 3. The Hall–Kier alpha value is -3.94. The SMILES string of the molecule is CCc1ccc([C@@H]2/C(=C(\O)c3ccc(OCc4ccccc4)cc3C)C(=O)C(=O)N2CCCN2CCOCC2)cc1. The molecule has 0 spiro atoms. The van der Waals surface area contributed by atoms with Crippen molar-refractivity contribution in [3.63, 3.8) is 0 Å². The normalized spacial score (nSPS) is 19.1. The molecule has 2 saturated heterocycles. The largest absolute Gasteiger partial charge is 0.507 e. The summed E-state index contributed by atoms with van der Waals surface area (Å²) in [6.07, 6.45) is 1.61. The number of hydrogen-bond donors (Lipinski definition) is 1. The Morgan fingerprint density at radius 1 is 0.951 bits per heavy atom. The molecule has 3 aromatic rings. The summed E-state index contributed by atoms with van der Waals surface area (Å²) in [6, 6.07) is 22.6. The lowest BCUT2D eigenvalue weighted by atomic mass is 9.93. The molecule has 2 heterocycles. The summed E-state index contributed by atoms with van der Waals surface area (Å²) in [5, 5.41) is 11.6. The summed E-state index contributed by atoms with van der Waals surface area (Å²) in [5.74, 6) is -0.713. The number of likely N-dealkylation sites (tertiary alicyclic amines) is 1. The number of carbonyl (C=O) groups is 2. The summed E-state index contributed by atoms with van der Waals surface area (Å²) in [6.45, 7) is 8.77. The van der Waals surface area contributed by atoms with Gasteiger partial charge in [0.05, 0.1) is 24.8 Å². The summed E-state index contributed by atoms with van der Waals surface area (Å²) < 4.78 is 11.4. The Morgan fingerprint density at radius 3 is 2.37 bits per heavy atom. The third kappa shape index (κ3) is 6.53. The van der Waals surface area contributed by atoms with Crippen molar-refractivity contribution in [2.24, 2.45) is 0 Å². The van der Waals surface area contributed by atoms with Crippen molar-refractivity contribution in [3.05, 3.63) is 106 Å². The number of aryl methyl sites for hydroxylation is 2. The molecular formula is C34H38N2O5. The van der Waals surface area contributed by atoms with Gasteiger partial charge in [-0.25, -0.2) is 0 Å². The molecule has 1 amide bonds. The van der Waals surface area contributed by atoms with Gasteiger partial charge in [-0.3, -0.25) is 14.5 Å². The van der Waals surface area contributed by atoms with Crippen LogP contribution in [0.1, 0.15) is 47.2 Å². The number of ketones is 1. The molecule has 0 aromatic heterocycles. The first kappa shape index (κ1) is 28.6. The fraction of sp³-hybridized carbons (Fsp3) is 0.353. The van der Waals surface area contributed by atoms with Crippen molar-refractivity contribution in [2.45, 2.75) is 39.3 Å². The summed E-state index contributed by atoms with van der Waals surface area (Å²) in [5.41, 5.74) is 4.44. The average Bonchev–Trinajstić information content (AvgIpc) is 3.26. The number of morpholine rings is 1. The molecule has 7 nitrogen and oxygen atoms in total. The topological polar surface area (TPSA) is 79.3 Å². The fourth-order valence-corrected chi connectivity index (χ4v) is 5.56. The minimum absolute atomic E-state index is 0.131. The highest BCUT2D eigenvalue weighted by molar-refractivity contribution is 6.46. The predicted octanol–water partition coefficient (Wildman–Crippen LogP) is 5.28. The Morgan fingerprint density at radius 2 is 1.68 bits per heavy atom. The highest BCUT2D eigenvalue weighted by atomic mass is 16.5. The van der Waals surface area contributed by atoms with Gasteiger partial charge in [-0.15, -0.1) is 0 Å². The predicted molar refractivity (Wildman–Crippen MR) is 159 cm³/mol. The van der Waals surface area contributed by atoms with Crippen LogP contribution in [0.5, 0.6) is 5.75 Å². The number of aliphatic hydroxyl groups excluding tert-OH is 1. The Bertz CT molecular complexity index is 1390. The second-order valence-corrected chi connectivity index (χ2v) is 10.6. The van der Waals surface area contributed by atoms with Crippen LogP contribution in [0.3, 0.4) is 0 Å². The van der Waals surface area contributed by atoms with Crippen LogP contribution in [0.4, 0.5) is 0 Å². The molecule has 5 rings (SSSR count). The fourth-order valence-electron chi connectivity index (χ4n) is 5.56. The van der Waals surface area contributed by atoms with E-state index in [-0.39, 0.29) is 11.3 Å². The van der Waals surface area contributed by atoms with Crippen LogP contribution < -0.4 is 4.74 Å². The maximum atomic E-state index is 13.5. The van der Waals surface area contributed by atoms with E-state index in [0.29, 0.717) is 37.7 Å². The average molecular weight is 555 g/mol. The molecule has 0 aliphatic carbocycles. The van der Waals surface area contributed by atoms with Gasteiger partial charge in [0.1, 0.15) is 18.1 Å². The van der Waals surface area contributed by atoms with E-state index in [2.05, 4.69) is 11.8 Å². The van der Waals surface area contributed by atoms with Crippen LogP contribution in [0.25, 0.3) is 5.76 Å². The molecule has 214 valence electrons. The lowest BCUT2D eigenvalue weighted by molar-refractivity contribution is -0.140. The number of nitrogens with zero attached hydrogens (tertiary/aromatic N) is 2. The van der Waals surface area contributed by atoms with Gasteiger partial charge in [-0.05, 0) is 60.2 Å². The van der Waals surface area contributed by atoms with Gasteiger partial charge in [-0.1, -0.05) is 61.5 Å². The molecular weight excluding hydrogens is 516 g/mol. The summed E-state index contributed by atoms with van der Waals surface area (Å²) in [7, 11) is 0. The van der Waals surface area contributed by atoms with Crippen LogP contribution in [0, 0.1) is 6.92 Å². The number of ether oxygens (including phenoxy) is 2. The van der Waals surface area contributed by atoms with E-state index in [4.69, 9.17) is 9.47 Å². The van der Waals surface area contributed by atoms with Gasteiger partial charge in [0.15, 0.2) is 0 Å². The van der Waals surface area contributed by atoms with Gasteiger partial charge in [0.2, 0.25) is 0 Å². The zero-order valence-electron chi connectivity index (χ0n) is 23.8. The lowest BCUT2D eigenvalue weighted by Gasteiger charge is -2.29. The molecule has 0 bridgehead atoms. The molecule has 1 atom stereocenters. The third-order valence-corrected chi connectivity index (χ3v) is 7.92. The van der Waals surface area contributed by atoms with Crippen molar-refractivity contribution < 1.29 is 24.2 Å². The molecule has 3 aromatic carbocycles. The second-order valence-electron chi connectivity index (χ2n) is 10.6. The van der Waals surface area contributed by atoms with Crippen molar-refractivity contribution in [2.75, 3.05) is 39.4 Å². The van der Waals surface area contributed by atoms with E-state index < -0.39 is 17.7 Å². The molecule has 41 heavy (non-hydrogen) atoms. The summed E-state index contributed by atoms with van der Waals surface area (Å²) >= 11 is 0. The van der Waals surface area contributed by atoms with Crippen LogP contribution in [0.15, 0.2) is 78.4 Å². The molecule has 2 aliphatic rings. The Balaban J connectivity index is 1.43. The smallest absolute Gasteiger partial charge is 0.295 e. The molecule has 0 saturated carbocycles. The quantitative estimate of drug-likeness (QED) is 0.209. The zero-order chi connectivity index (χ0) is 28.8. The lowest BCUT2D eigenvalue weighted by Crippen LogP contribution is -2.38. The number of Topliss-reactive ketones (excluding diaryl/α,β-unsaturated/α-hetero) is 1. The van der Waals surface area contributed by atoms with E-state index >= 15 is 0 Å². The van der Waals surface area contributed by atoms with Gasteiger partial charge in [0, 0.05) is 31.7 Å².